The Morgan fingerprint density at radius 3 is 3.00 bits per heavy atom. The maximum atomic E-state index is 12.0. The quantitative estimate of drug-likeness (QED) is 0.720. The van der Waals surface area contributed by atoms with Crippen LogP contribution in [0, 0.1) is 5.92 Å². The number of carbonyl (C=O) groups excluding carboxylic acids is 1. The molecule has 2 bridgehead atoms. The minimum Gasteiger partial charge on any atom is -0.350 e. The molecule has 0 aromatic carbocycles. The molecule has 17 heavy (non-hydrogen) atoms. The smallest absolute Gasteiger partial charge is 0.304 e. The summed E-state index contributed by atoms with van der Waals surface area (Å²) in [4.78, 5) is 25.5. The monoisotopic (exact) mass is 253 g/mol. The first kappa shape index (κ1) is 11.0. The van der Waals surface area contributed by atoms with E-state index in [1.54, 1.807) is 5.38 Å². The lowest BCUT2D eigenvalue weighted by Crippen LogP contribution is -2.37. The van der Waals surface area contributed by atoms with E-state index in [0.717, 1.165) is 29.9 Å². The summed E-state index contributed by atoms with van der Waals surface area (Å²) in [6, 6.07) is 0.901. The van der Waals surface area contributed by atoms with Gasteiger partial charge in [0.25, 0.3) is 0 Å². The highest BCUT2D eigenvalue weighted by Crippen LogP contribution is 2.33. The Morgan fingerprint density at radius 1 is 1.53 bits per heavy atom. The molecule has 3 heterocycles. The van der Waals surface area contributed by atoms with Crippen molar-refractivity contribution in [3.63, 3.8) is 0 Å². The van der Waals surface area contributed by atoms with E-state index in [0.29, 0.717) is 18.6 Å². The zero-order chi connectivity index (χ0) is 11.8. The van der Waals surface area contributed by atoms with E-state index in [4.69, 9.17) is 0 Å². The zero-order valence-electron chi connectivity index (χ0n) is 9.36. The van der Waals surface area contributed by atoms with E-state index in [1.807, 2.05) is 0 Å². The van der Waals surface area contributed by atoms with E-state index in [1.165, 1.54) is 6.42 Å². The summed E-state index contributed by atoms with van der Waals surface area (Å²) in [5.41, 5.74) is 0.782. The molecular formula is C11H15N3O2S. The third-order valence-electron chi connectivity index (χ3n) is 3.66. The highest BCUT2D eigenvalue weighted by Gasteiger charge is 2.42. The van der Waals surface area contributed by atoms with Crippen molar-refractivity contribution in [2.75, 3.05) is 0 Å². The third kappa shape index (κ3) is 2.14. The summed E-state index contributed by atoms with van der Waals surface area (Å²) in [6.45, 7) is 0.422. The first-order valence-electron chi connectivity index (χ1n) is 5.93. The molecule has 0 radical (unpaired) electrons. The maximum absolute atomic E-state index is 12.0. The second-order valence-corrected chi connectivity index (χ2v) is 5.62. The molecule has 92 valence electrons. The van der Waals surface area contributed by atoms with Gasteiger partial charge < -0.3 is 15.6 Å². The fraction of sp³-hybridized carbons (Fsp3) is 0.636. The van der Waals surface area contributed by atoms with Gasteiger partial charge in [-0.3, -0.25) is 9.59 Å². The number of rotatable bonds is 3. The van der Waals surface area contributed by atoms with Crippen LogP contribution in [0.4, 0.5) is 0 Å². The van der Waals surface area contributed by atoms with Crippen LogP contribution in [0.25, 0.3) is 0 Å². The van der Waals surface area contributed by atoms with Gasteiger partial charge in [0.1, 0.15) is 0 Å². The van der Waals surface area contributed by atoms with Crippen LogP contribution in [0.5, 0.6) is 0 Å². The van der Waals surface area contributed by atoms with Gasteiger partial charge in [0.05, 0.1) is 12.5 Å². The predicted octanol–water partition coefficient (Wildman–Crippen LogP) is 0.193. The summed E-state index contributed by atoms with van der Waals surface area (Å²) < 4.78 is 0. The molecule has 3 rings (SSSR count). The van der Waals surface area contributed by atoms with Crippen molar-refractivity contribution >= 4 is 17.2 Å². The summed E-state index contributed by atoms with van der Waals surface area (Å²) >= 11 is 1.13. The van der Waals surface area contributed by atoms with Crippen LogP contribution in [0.1, 0.15) is 25.0 Å². The van der Waals surface area contributed by atoms with Crippen LogP contribution >= 0.6 is 11.3 Å². The number of hydrogen-bond donors (Lipinski definition) is 3. The number of carbonyl (C=O) groups is 1. The second-order valence-electron chi connectivity index (χ2n) is 4.78. The average Bonchev–Trinajstić information content (AvgIpc) is 3.01. The van der Waals surface area contributed by atoms with Gasteiger partial charge in [-0.05, 0) is 19.3 Å². The predicted molar refractivity (Wildman–Crippen MR) is 64.8 cm³/mol. The maximum Gasteiger partial charge on any atom is 0.304 e. The average molecular weight is 253 g/mol. The van der Waals surface area contributed by atoms with E-state index >= 15 is 0 Å². The summed E-state index contributed by atoms with van der Waals surface area (Å²) in [6.07, 6.45) is 3.26. The Kier molecular flexibility index (Phi) is 2.76. The number of aromatic amines is 1. The SMILES string of the molecule is O=C(NCc1csc(=O)[nH]1)C1CC2CCC1N2. The Labute approximate surface area is 103 Å². The molecule has 3 atom stereocenters. The van der Waals surface area contributed by atoms with E-state index < -0.39 is 0 Å². The van der Waals surface area contributed by atoms with Crippen molar-refractivity contribution in [3.05, 3.63) is 20.7 Å². The Bertz CT molecular complexity index is 481. The van der Waals surface area contributed by atoms with E-state index in [9.17, 15) is 9.59 Å². The van der Waals surface area contributed by atoms with Gasteiger partial charge in [-0.15, -0.1) is 0 Å². The van der Waals surface area contributed by atoms with Crippen LogP contribution in [-0.4, -0.2) is 23.0 Å². The minimum atomic E-state index is -0.0733. The molecule has 1 aromatic heterocycles. The number of fused-ring (bicyclic) bond motifs is 2. The zero-order valence-corrected chi connectivity index (χ0v) is 10.2. The summed E-state index contributed by atoms with van der Waals surface area (Å²) in [5.74, 6) is 0.218. The molecule has 3 N–H and O–H groups in total. The van der Waals surface area contributed by atoms with E-state index in [-0.39, 0.29) is 16.7 Å². The molecule has 0 aliphatic carbocycles. The standard InChI is InChI=1S/C11H15N3O2S/c15-10(8-3-6-1-2-9(8)13-6)12-4-7-5-17-11(16)14-7/h5-6,8-9,13H,1-4H2,(H,12,15)(H,14,16). The lowest BCUT2D eigenvalue weighted by Gasteiger charge is -2.19. The second kappa shape index (κ2) is 4.27. The number of nitrogens with one attached hydrogen (secondary N) is 3. The Balaban J connectivity index is 1.55. The lowest BCUT2D eigenvalue weighted by atomic mass is 9.88. The summed E-state index contributed by atoms with van der Waals surface area (Å²) in [5, 5.41) is 8.09. The molecule has 3 unspecified atom stereocenters. The Morgan fingerprint density at radius 2 is 2.41 bits per heavy atom. The van der Waals surface area contributed by atoms with Crippen molar-refractivity contribution < 1.29 is 4.79 Å². The molecule has 6 heteroatoms. The molecule has 0 saturated carbocycles. The van der Waals surface area contributed by atoms with Gasteiger partial charge in [-0.25, -0.2) is 0 Å². The molecule has 1 aromatic rings. The van der Waals surface area contributed by atoms with Crippen LogP contribution in [0.15, 0.2) is 10.2 Å². The largest absolute Gasteiger partial charge is 0.350 e. The number of thiazole rings is 1. The molecular weight excluding hydrogens is 238 g/mol. The van der Waals surface area contributed by atoms with Gasteiger partial charge in [-0.1, -0.05) is 11.3 Å². The highest BCUT2D eigenvalue weighted by molar-refractivity contribution is 7.07. The first-order valence-corrected chi connectivity index (χ1v) is 6.81. The molecule has 2 aliphatic rings. The van der Waals surface area contributed by atoms with E-state index in [2.05, 4.69) is 15.6 Å². The van der Waals surface area contributed by atoms with Gasteiger partial charge >= 0.3 is 4.87 Å². The Hall–Kier alpha value is -1.14. The van der Waals surface area contributed by atoms with Crippen molar-refractivity contribution in [2.24, 2.45) is 5.92 Å². The van der Waals surface area contributed by atoms with Crippen LogP contribution in [0.3, 0.4) is 0 Å². The van der Waals surface area contributed by atoms with Gasteiger partial charge in [0.2, 0.25) is 5.91 Å². The fourth-order valence-corrected chi connectivity index (χ4v) is 3.41. The van der Waals surface area contributed by atoms with Gasteiger partial charge in [-0.2, -0.15) is 0 Å². The lowest BCUT2D eigenvalue weighted by molar-refractivity contribution is -0.125. The van der Waals surface area contributed by atoms with Crippen molar-refractivity contribution in [3.8, 4) is 0 Å². The first-order chi connectivity index (χ1) is 8.22. The number of H-pyrrole nitrogens is 1. The molecule has 0 spiro atoms. The van der Waals surface area contributed by atoms with Crippen LogP contribution < -0.4 is 15.5 Å². The fourth-order valence-electron chi connectivity index (χ4n) is 2.83. The highest BCUT2D eigenvalue weighted by atomic mass is 32.1. The third-order valence-corrected chi connectivity index (χ3v) is 4.38. The van der Waals surface area contributed by atoms with Crippen LogP contribution in [0.2, 0.25) is 0 Å². The van der Waals surface area contributed by atoms with Crippen LogP contribution in [-0.2, 0) is 11.3 Å². The minimum absolute atomic E-state index is 0.0733. The van der Waals surface area contributed by atoms with Gasteiger partial charge in [0, 0.05) is 23.2 Å². The number of hydrogen-bond acceptors (Lipinski definition) is 4. The normalized spacial score (nSPS) is 30.7. The number of amides is 1. The molecule has 2 saturated heterocycles. The van der Waals surface area contributed by atoms with Crippen molar-refractivity contribution in [1.82, 2.24) is 15.6 Å². The summed E-state index contributed by atoms with van der Waals surface area (Å²) in [7, 11) is 0. The molecule has 5 nitrogen and oxygen atoms in total. The molecule has 1 amide bonds. The van der Waals surface area contributed by atoms with Crippen molar-refractivity contribution in [1.29, 1.82) is 0 Å². The topological polar surface area (TPSA) is 74.0 Å². The van der Waals surface area contributed by atoms with Crippen molar-refractivity contribution in [2.45, 2.75) is 37.9 Å². The molecule has 2 fully saturated rings. The molecule has 2 aliphatic heterocycles. The number of aromatic nitrogens is 1. The van der Waals surface area contributed by atoms with Gasteiger partial charge in [0.15, 0.2) is 0 Å².